The molecule has 0 N–H and O–H groups in total. The van der Waals surface area contributed by atoms with Crippen molar-refractivity contribution in [1.82, 2.24) is 0 Å². The molecule has 0 aromatic heterocycles. The van der Waals surface area contributed by atoms with Gasteiger partial charge in [-0.2, -0.15) is 0 Å². The number of hydrogen-bond acceptors (Lipinski definition) is 6. The summed E-state index contributed by atoms with van der Waals surface area (Å²) in [6, 6.07) is 10.6. The van der Waals surface area contributed by atoms with E-state index < -0.39 is 29.0 Å². The maximum Gasteiger partial charge on any atom is 0.338 e. The van der Waals surface area contributed by atoms with Crippen LogP contribution in [0.25, 0.3) is 0 Å². The predicted octanol–water partition coefficient (Wildman–Crippen LogP) is 5.04. The molecule has 0 radical (unpaired) electrons. The van der Waals surface area contributed by atoms with Crippen molar-refractivity contribution in [3.8, 4) is 0 Å². The van der Waals surface area contributed by atoms with Crippen molar-refractivity contribution < 1.29 is 28.3 Å². The summed E-state index contributed by atoms with van der Waals surface area (Å²) in [6.07, 6.45) is -2.22. The van der Waals surface area contributed by atoms with Gasteiger partial charge in [-0.3, -0.25) is 0 Å². The highest BCUT2D eigenvalue weighted by Gasteiger charge is 2.33. The van der Waals surface area contributed by atoms with Crippen molar-refractivity contribution in [2.24, 2.45) is 5.16 Å². The second kappa shape index (κ2) is 11.8. The summed E-state index contributed by atoms with van der Waals surface area (Å²) in [7, 11) is 1.27. The molecule has 3 atom stereocenters. The van der Waals surface area contributed by atoms with Gasteiger partial charge in [0.15, 0.2) is 12.3 Å². The summed E-state index contributed by atoms with van der Waals surface area (Å²) in [5.74, 6) is -1.25. The van der Waals surface area contributed by atoms with Gasteiger partial charge in [0.25, 0.3) is 0 Å². The summed E-state index contributed by atoms with van der Waals surface area (Å²) in [4.78, 5) is 28.8. The Labute approximate surface area is 195 Å². The smallest absolute Gasteiger partial charge is 0.338 e. The minimum absolute atomic E-state index is 0.224. The van der Waals surface area contributed by atoms with Gasteiger partial charge < -0.3 is 14.3 Å². The largest absolute Gasteiger partial charge is 0.461 e. The van der Waals surface area contributed by atoms with Gasteiger partial charge in [0.05, 0.1) is 22.2 Å². The van der Waals surface area contributed by atoms with E-state index in [1.807, 2.05) is 39.8 Å². The van der Waals surface area contributed by atoms with Crippen LogP contribution in [-0.4, -0.2) is 49.0 Å². The number of aryl methyl sites for hydroxylation is 4. The first-order valence-corrected chi connectivity index (χ1v) is 10.9. The SMILES string of the molecule is CON=C[C@@H](F)[C@H](OC(=O)c1cc(C)cc(C)c1)[C@@H](Br)COC(=O)c1cc(C)cc(C)c1. The first kappa shape index (κ1) is 25.5. The van der Waals surface area contributed by atoms with Crippen LogP contribution in [0.2, 0.25) is 0 Å². The quantitative estimate of drug-likeness (QED) is 0.206. The number of halogens is 2. The van der Waals surface area contributed by atoms with Crippen LogP contribution in [0.5, 0.6) is 0 Å². The molecule has 0 aliphatic carbocycles. The topological polar surface area (TPSA) is 74.2 Å². The molecular weight excluding hydrogens is 481 g/mol. The summed E-state index contributed by atoms with van der Waals surface area (Å²) >= 11 is 3.30. The van der Waals surface area contributed by atoms with Gasteiger partial charge >= 0.3 is 11.9 Å². The van der Waals surface area contributed by atoms with Gasteiger partial charge in [-0.05, 0) is 52.0 Å². The summed E-state index contributed by atoms with van der Waals surface area (Å²) < 4.78 is 25.6. The lowest BCUT2D eigenvalue weighted by Gasteiger charge is -2.24. The van der Waals surface area contributed by atoms with Gasteiger partial charge in [0, 0.05) is 0 Å². The Morgan fingerprint density at radius 3 is 1.88 bits per heavy atom. The number of hydrogen-bond donors (Lipinski definition) is 0. The summed E-state index contributed by atoms with van der Waals surface area (Å²) in [5.41, 5.74) is 4.30. The van der Waals surface area contributed by atoms with Crippen LogP contribution in [0.1, 0.15) is 43.0 Å². The number of rotatable bonds is 9. The van der Waals surface area contributed by atoms with E-state index in [0.29, 0.717) is 11.1 Å². The van der Waals surface area contributed by atoms with Gasteiger partial charge in [-0.25, -0.2) is 14.0 Å². The van der Waals surface area contributed by atoms with Crippen molar-refractivity contribution in [3.05, 3.63) is 69.8 Å². The van der Waals surface area contributed by atoms with Crippen LogP contribution in [0, 0.1) is 27.7 Å². The third kappa shape index (κ3) is 7.44. The molecule has 8 heteroatoms. The van der Waals surface area contributed by atoms with E-state index in [1.54, 1.807) is 24.3 Å². The van der Waals surface area contributed by atoms with E-state index >= 15 is 0 Å². The Kier molecular flexibility index (Phi) is 9.38. The third-order valence-corrected chi connectivity index (χ3v) is 5.30. The zero-order valence-electron chi connectivity index (χ0n) is 18.7. The summed E-state index contributed by atoms with van der Waals surface area (Å²) in [6.45, 7) is 7.23. The number of alkyl halides is 2. The lowest BCUT2D eigenvalue weighted by Crippen LogP contribution is -2.39. The van der Waals surface area contributed by atoms with E-state index in [-0.39, 0.29) is 6.61 Å². The highest BCUT2D eigenvalue weighted by atomic mass is 79.9. The summed E-state index contributed by atoms with van der Waals surface area (Å²) in [5, 5.41) is 3.43. The molecule has 0 amide bonds. The fourth-order valence-electron chi connectivity index (χ4n) is 3.25. The number of carbonyl (C=O) groups excluding carboxylic acids is 2. The van der Waals surface area contributed by atoms with Crippen molar-refractivity contribution in [1.29, 1.82) is 0 Å². The van der Waals surface area contributed by atoms with Crippen molar-refractivity contribution >= 4 is 34.1 Å². The van der Waals surface area contributed by atoms with Crippen LogP contribution in [0.3, 0.4) is 0 Å². The van der Waals surface area contributed by atoms with E-state index in [9.17, 15) is 14.0 Å². The van der Waals surface area contributed by atoms with Gasteiger partial charge in [-0.15, -0.1) is 0 Å². The lowest BCUT2D eigenvalue weighted by atomic mass is 10.1. The monoisotopic (exact) mass is 507 g/mol. The molecular formula is C24H27BrFNO5. The second-order valence-corrected chi connectivity index (χ2v) is 8.79. The average molecular weight is 508 g/mol. The molecule has 2 aromatic rings. The fourth-order valence-corrected chi connectivity index (χ4v) is 3.78. The molecule has 0 saturated carbocycles. The number of oxime groups is 1. The normalized spacial score (nSPS) is 14.0. The molecule has 32 heavy (non-hydrogen) atoms. The molecule has 2 aromatic carbocycles. The van der Waals surface area contributed by atoms with Gasteiger partial charge in [0.1, 0.15) is 13.7 Å². The van der Waals surface area contributed by atoms with Crippen LogP contribution < -0.4 is 0 Å². The number of ether oxygens (including phenoxy) is 2. The highest BCUT2D eigenvalue weighted by Crippen LogP contribution is 2.20. The van der Waals surface area contributed by atoms with Crippen molar-refractivity contribution in [3.63, 3.8) is 0 Å². The van der Waals surface area contributed by atoms with Crippen molar-refractivity contribution in [2.45, 2.75) is 44.8 Å². The molecule has 0 unspecified atom stereocenters. The van der Waals surface area contributed by atoms with E-state index in [4.69, 9.17) is 9.47 Å². The Hall–Kier alpha value is -2.74. The average Bonchev–Trinajstić information content (AvgIpc) is 2.72. The standard InChI is InChI=1S/C24H27BrFNO5/c1-14-6-15(2)9-18(8-14)23(28)31-13-20(25)22(21(26)12-27-30-5)32-24(29)19-10-16(3)7-17(4)11-19/h6-12,20-22H,13H2,1-5H3/t20-,21+,22+/m0/s1. The number of carbonyl (C=O) groups is 2. The maximum absolute atomic E-state index is 14.8. The first-order valence-electron chi connectivity index (χ1n) is 10.00. The zero-order chi connectivity index (χ0) is 23.8. The van der Waals surface area contributed by atoms with Crippen LogP contribution >= 0.6 is 15.9 Å². The minimum Gasteiger partial charge on any atom is -0.461 e. The molecule has 2 rings (SSSR count). The van der Waals surface area contributed by atoms with Gasteiger partial charge in [0.2, 0.25) is 0 Å². The molecule has 0 aliphatic rings. The minimum atomic E-state index is -1.80. The number of benzene rings is 2. The Morgan fingerprint density at radius 2 is 1.41 bits per heavy atom. The molecule has 6 nitrogen and oxygen atoms in total. The van der Waals surface area contributed by atoms with E-state index in [0.717, 1.165) is 28.5 Å². The molecule has 0 bridgehead atoms. The molecule has 0 spiro atoms. The Bertz CT molecular complexity index is 954. The van der Waals surface area contributed by atoms with Crippen LogP contribution in [0.4, 0.5) is 4.39 Å². The van der Waals surface area contributed by atoms with E-state index in [1.165, 1.54) is 7.11 Å². The highest BCUT2D eigenvalue weighted by molar-refractivity contribution is 9.09. The fraction of sp³-hybridized carbons (Fsp3) is 0.375. The lowest BCUT2D eigenvalue weighted by molar-refractivity contribution is 0.00843. The van der Waals surface area contributed by atoms with Crippen molar-refractivity contribution in [2.75, 3.05) is 13.7 Å². The molecule has 0 saturated heterocycles. The molecule has 0 heterocycles. The Balaban J connectivity index is 2.15. The van der Waals surface area contributed by atoms with E-state index in [2.05, 4.69) is 25.9 Å². The number of esters is 2. The van der Waals surface area contributed by atoms with Crippen LogP contribution in [0.15, 0.2) is 41.6 Å². The van der Waals surface area contributed by atoms with Crippen LogP contribution in [-0.2, 0) is 14.3 Å². The predicted molar refractivity (Wildman–Crippen MR) is 124 cm³/mol. The second-order valence-electron chi connectivity index (χ2n) is 7.62. The third-order valence-electron chi connectivity index (χ3n) is 4.51. The first-order chi connectivity index (χ1) is 15.1. The van der Waals surface area contributed by atoms with Gasteiger partial charge in [-0.1, -0.05) is 55.5 Å². The Morgan fingerprint density at radius 1 is 0.938 bits per heavy atom. The molecule has 0 fully saturated rings. The molecule has 172 valence electrons. The molecule has 0 aliphatic heterocycles. The number of nitrogens with zero attached hydrogens (tertiary/aromatic N) is 1. The maximum atomic E-state index is 14.8. The zero-order valence-corrected chi connectivity index (χ0v) is 20.3.